The predicted octanol–water partition coefficient (Wildman–Crippen LogP) is 1.13. The van der Waals surface area contributed by atoms with Gasteiger partial charge in [-0.1, -0.05) is 20.8 Å². The first kappa shape index (κ1) is 16.4. The zero-order valence-electron chi connectivity index (χ0n) is 13.6. The maximum atomic E-state index is 5.63. The van der Waals surface area contributed by atoms with E-state index in [4.69, 9.17) is 4.74 Å². The summed E-state index contributed by atoms with van der Waals surface area (Å²) >= 11 is 0. The molecule has 0 aliphatic carbocycles. The Kier molecular flexibility index (Phi) is 6.60. The van der Waals surface area contributed by atoms with Gasteiger partial charge in [-0.15, -0.1) is 0 Å². The molecule has 0 spiro atoms. The van der Waals surface area contributed by atoms with Crippen molar-refractivity contribution in [3.8, 4) is 0 Å². The van der Waals surface area contributed by atoms with E-state index in [2.05, 4.69) is 41.1 Å². The van der Waals surface area contributed by atoms with Gasteiger partial charge in [0.25, 0.3) is 0 Å². The van der Waals surface area contributed by atoms with Crippen molar-refractivity contribution in [2.45, 2.75) is 46.3 Å². The highest BCUT2D eigenvalue weighted by Gasteiger charge is 2.24. The normalized spacial score (nSPS) is 20.3. The highest BCUT2D eigenvalue weighted by Crippen LogP contribution is 2.11. The van der Waals surface area contributed by atoms with Crippen LogP contribution in [0.2, 0.25) is 0 Å². The molecule has 6 heteroatoms. The summed E-state index contributed by atoms with van der Waals surface area (Å²) in [6, 6.07) is 0.425. The van der Waals surface area contributed by atoms with Gasteiger partial charge in [-0.05, 0) is 18.9 Å². The molecule has 1 unspecified atom stereocenters. The van der Waals surface area contributed by atoms with Crippen molar-refractivity contribution in [3.63, 3.8) is 0 Å². The summed E-state index contributed by atoms with van der Waals surface area (Å²) in [6.07, 6.45) is 2.83. The summed E-state index contributed by atoms with van der Waals surface area (Å²) in [5.74, 6) is 1.64. The third kappa shape index (κ3) is 5.05. The number of rotatable bonds is 8. The molecule has 1 fully saturated rings. The van der Waals surface area contributed by atoms with Crippen LogP contribution in [0.5, 0.6) is 0 Å². The lowest BCUT2D eigenvalue weighted by Crippen LogP contribution is -2.50. The van der Waals surface area contributed by atoms with Crippen LogP contribution in [0.4, 0.5) is 0 Å². The highest BCUT2D eigenvalue weighted by atomic mass is 16.5. The van der Waals surface area contributed by atoms with Crippen molar-refractivity contribution in [1.82, 2.24) is 25.0 Å². The highest BCUT2D eigenvalue weighted by molar-refractivity contribution is 4.88. The van der Waals surface area contributed by atoms with Crippen LogP contribution >= 0.6 is 0 Å². The molecule has 21 heavy (non-hydrogen) atoms. The largest absolute Gasteiger partial charge is 0.378 e. The van der Waals surface area contributed by atoms with Crippen molar-refractivity contribution in [1.29, 1.82) is 0 Å². The molecule has 1 aromatic rings. The van der Waals surface area contributed by atoms with E-state index in [9.17, 15) is 0 Å². The quantitative estimate of drug-likeness (QED) is 0.729. The monoisotopic (exact) mass is 295 g/mol. The zero-order valence-corrected chi connectivity index (χ0v) is 13.6. The average molecular weight is 295 g/mol. The van der Waals surface area contributed by atoms with Crippen LogP contribution in [0, 0.1) is 5.92 Å². The van der Waals surface area contributed by atoms with Crippen molar-refractivity contribution in [2.75, 3.05) is 32.8 Å². The number of aromatic nitrogens is 3. The van der Waals surface area contributed by atoms with Gasteiger partial charge >= 0.3 is 0 Å². The van der Waals surface area contributed by atoms with E-state index < -0.39 is 0 Å². The van der Waals surface area contributed by atoms with Crippen molar-refractivity contribution in [3.05, 3.63) is 12.2 Å². The minimum Gasteiger partial charge on any atom is -0.378 e. The standard InChI is InChI=1S/C15H29N5O/c1-4-5-16-8-14-11-21-7-6-19(14)10-15-17-12-18-20(15)9-13(2)3/h12-14,16H,4-11H2,1-3H3. The lowest BCUT2D eigenvalue weighted by Gasteiger charge is -2.35. The summed E-state index contributed by atoms with van der Waals surface area (Å²) in [6.45, 7) is 13.0. The maximum Gasteiger partial charge on any atom is 0.141 e. The number of nitrogens with zero attached hydrogens (tertiary/aromatic N) is 4. The van der Waals surface area contributed by atoms with Crippen LogP contribution in [-0.2, 0) is 17.8 Å². The molecule has 0 aromatic carbocycles. The van der Waals surface area contributed by atoms with E-state index in [0.29, 0.717) is 12.0 Å². The van der Waals surface area contributed by atoms with Gasteiger partial charge in [0.2, 0.25) is 0 Å². The topological polar surface area (TPSA) is 55.2 Å². The fraction of sp³-hybridized carbons (Fsp3) is 0.867. The molecule has 120 valence electrons. The van der Waals surface area contributed by atoms with Gasteiger partial charge < -0.3 is 10.1 Å². The molecule has 0 saturated carbocycles. The minimum absolute atomic E-state index is 0.425. The zero-order chi connectivity index (χ0) is 15.1. The van der Waals surface area contributed by atoms with Gasteiger partial charge in [0.05, 0.1) is 19.8 Å². The molecule has 6 nitrogen and oxygen atoms in total. The Morgan fingerprint density at radius 2 is 2.33 bits per heavy atom. The average Bonchev–Trinajstić information content (AvgIpc) is 2.87. The van der Waals surface area contributed by atoms with Gasteiger partial charge in [-0.25, -0.2) is 9.67 Å². The van der Waals surface area contributed by atoms with E-state index in [1.807, 2.05) is 4.68 Å². The Morgan fingerprint density at radius 1 is 1.48 bits per heavy atom. The smallest absolute Gasteiger partial charge is 0.141 e. The molecule has 2 heterocycles. The Labute approximate surface area is 127 Å². The minimum atomic E-state index is 0.425. The first-order valence-corrected chi connectivity index (χ1v) is 8.10. The number of hydrogen-bond donors (Lipinski definition) is 1. The predicted molar refractivity (Wildman–Crippen MR) is 83.0 cm³/mol. The van der Waals surface area contributed by atoms with Gasteiger partial charge in [0.1, 0.15) is 12.2 Å². The molecular formula is C15H29N5O. The van der Waals surface area contributed by atoms with Crippen LogP contribution in [0.15, 0.2) is 6.33 Å². The van der Waals surface area contributed by atoms with Gasteiger partial charge in [0.15, 0.2) is 0 Å². The van der Waals surface area contributed by atoms with Crippen LogP contribution in [0.1, 0.15) is 33.0 Å². The second kappa shape index (κ2) is 8.46. The van der Waals surface area contributed by atoms with E-state index in [1.54, 1.807) is 6.33 Å². The first-order valence-electron chi connectivity index (χ1n) is 8.10. The first-order chi connectivity index (χ1) is 10.2. The molecular weight excluding hydrogens is 266 g/mol. The van der Waals surface area contributed by atoms with Crippen LogP contribution in [0.25, 0.3) is 0 Å². The number of ether oxygens (including phenoxy) is 1. The van der Waals surface area contributed by atoms with E-state index in [0.717, 1.165) is 58.2 Å². The second-order valence-corrected chi connectivity index (χ2v) is 6.16. The third-order valence-corrected chi connectivity index (χ3v) is 3.73. The molecule has 1 atom stereocenters. The molecule has 0 radical (unpaired) electrons. The third-order valence-electron chi connectivity index (χ3n) is 3.73. The van der Waals surface area contributed by atoms with Crippen molar-refractivity contribution < 1.29 is 4.74 Å². The van der Waals surface area contributed by atoms with E-state index >= 15 is 0 Å². The molecule has 1 N–H and O–H groups in total. The molecule has 1 saturated heterocycles. The summed E-state index contributed by atoms with van der Waals surface area (Å²) in [4.78, 5) is 6.91. The van der Waals surface area contributed by atoms with E-state index in [1.165, 1.54) is 0 Å². The summed E-state index contributed by atoms with van der Waals surface area (Å²) in [7, 11) is 0. The lowest BCUT2D eigenvalue weighted by atomic mass is 10.2. The second-order valence-electron chi connectivity index (χ2n) is 6.16. The summed E-state index contributed by atoms with van der Waals surface area (Å²) in [5.41, 5.74) is 0. The van der Waals surface area contributed by atoms with Crippen LogP contribution < -0.4 is 5.32 Å². The van der Waals surface area contributed by atoms with Crippen molar-refractivity contribution >= 4 is 0 Å². The Morgan fingerprint density at radius 3 is 3.10 bits per heavy atom. The van der Waals surface area contributed by atoms with Gasteiger partial charge in [-0.3, -0.25) is 4.90 Å². The van der Waals surface area contributed by atoms with Gasteiger partial charge in [0, 0.05) is 25.7 Å². The molecule has 1 aliphatic rings. The van der Waals surface area contributed by atoms with Crippen LogP contribution in [-0.4, -0.2) is 58.6 Å². The number of hydrogen-bond acceptors (Lipinski definition) is 5. The molecule has 1 aliphatic heterocycles. The van der Waals surface area contributed by atoms with E-state index in [-0.39, 0.29) is 0 Å². The van der Waals surface area contributed by atoms with Crippen LogP contribution in [0.3, 0.4) is 0 Å². The molecule has 1 aromatic heterocycles. The molecule has 0 bridgehead atoms. The lowest BCUT2D eigenvalue weighted by molar-refractivity contribution is -0.0126. The summed E-state index contributed by atoms with van der Waals surface area (Å²) < 4.78 is 7.67. The SMILES string of the molecule is CCCNCC1COCCN1Cc1ncnn1CC(C)C. The van der Waals surface area contributed by atoms with Crippen molar-refractivity contribution in [2.24, 2.45) is 5.92 Å². The molecule has 2 rings (SSSR count). The number of morpholine rings is 1. The number of nitrogens with one attached hydrogen (secondary N) is 1. The fourth-order valence-electron chi connectivity index (χ4n) is 2.62. The Bertz CT molecular complexity index is 407. The van der Waals surface area contributed by atoms with Gasteiger partial charge in [-0.2, -0.15) is 5.10 Å². The fourth-order valence-corrected chi connectivity index (χ4v) is 2.62. The summed E-state index contributed by atoms with van der Waals surface area (Å²) in [5, 5.41) is 7.85. The Balaban J connectivity index is 1.93. The maximum absolute atomic E-state index is 5.63. The Hall–Kier alpha value is -0.980. The molecule has 0 amide bonds.